The molecule has 1 rings (SSSR count). The summed E-state index contributed by atoms with van der Waals surface area (Å²) < 4.78 is 23.1. The van der Waals surface area contributed by atoms with Crippen LogP contribution in [0.1, 0.15) is 27.2 Å². The van der Waals surface area contributed by atoms with Gasteiger partial charge in [-0.1, -0.05) is 20.8 Å². The Morgan fingerprint density at radius 1 is 1.41 bits per heavy atom. The van der Waals surface area contributed by atoms with Crippen LogP contribution in [-0.2, 0) is 9.84 Å². The van der Waals surface area contributed by atoms with Crippen LogP contribution in [0.15, 0.2) is 0 Å². The van der Waals surface area contributed by atoms with E-state index in [2.05, 4.69) is 24.1 Å². The molecule has 0 aromatic carbocycles. The molecule has 0 amide bonds. The van der Waals surface area contributed by atoms with E-state index in [0.29, 0.717) is 24.3 Å². The van der Waals surface area contributed by atoms with Gasteiger partial charge in [-0.25, -0.2) is 8.42 Å². The van der Waals surface area contributed by atoms with Gasteiger partial charge in [-0.15, -0.1) is 0 Å². The van der Waals surface area contributed by atoms with Crippen LogP contribution in [0.5, 0.6) is 0 Å². The number of piperazine rings is 1. The maximum atomic E-state index is 11.5. The fourth-order valence-electron chi connectivity index (χ4n) is 2.27. The van der Waals surface area contributed by atoms with Crippen LogP contribution >= 0.6 is 0 Å². The van der Waals surface area contributed by atoms with Crippen LogP contribution in [0.3, 0.4) is 0 Å². The lowest BCUT2D eigenvalue weighted by Crippen LogP contribution is -2.52. The van der Waals surface area contributed by atoms with Crippen molar-refractivity contribution in [3.8, 4) is 0 Å². The van der Waals surface area contributed by atoms with Crippen LogP contribution in [0.2, 0.25) is 0 Å². The summed E-state index contributed by atoms with van der Waals surface area (Å²) in [5, 5.41) is 3.39. The number of hydrogen-bond acceptors (Lipinski definition) is 4. The van der Waals surface area contributed by atoms with Gasteiger partial charge in [0, 0.05) is 38.0 Å². The van der Waals surface area contributed by atoms with Gasteiger partial charge in [0.05, 0.1) is 5.75 Å². The molecule has 1 aliphatic rings. The Kier molecular flexibility index (Phi) is 5.89. The topological polar surface area (TPSA) is 49.4 Å². The van der Waals surface area contributed by atoms with Crippen molar-refractivity contribution in [3.63, 3.8) is 0 Å². The maximum Gasteiger partial charge on any atom is 0.151 e. The zero-order valence-electron chi connectivity index (χ0n) is 11.3. The van der Waals surface area contributed by atoms with Crippen molar-refractivity contribution >= 4 is 9.84 Å². The highest BCUT2D eigenvalue weighted by atomic mass is 32.2. The minimum absolute atomic E-state index is 0.258. The van der Waals surface area contributed by atoms with Gasteiger partial charge >= 0.3 is 0 Å². The van der Waals surface area contributed by atoms with E-state index in [1.807, 2.05) is 0 Å². The van der Waals surface area contributed by atoms with Crippen LogP contribution in [0, 0.1) is 5.92 Å². The Morgan fingerprint density at radius 2 is 2.12 bits per heavy atom. The van der Waals surface area contributed by atoms with E-state index in [-0.39, 0.29) is 5.75 Å². The minimum atomic E-state index is -2.83. The first kappa shape index (κ1) is 14.9. The second kappa shape index (κ2) is 6.71. The zero-order chi connectivity index (χ0) is 12.9. The van der Waals surface area contributed by atoms with Crippen molar-refractivity contribution in [2.45, 2.75) is 33.2 Å². The SMILES string of the molecule is CCS(=O)(=O)CCN1CCNCC1CC(C)C. The third-order valence-electron chi connectivity index (χ3n) is 3.34. The third-order valence-corrected chi connectivity index (χ3v) is 5.03. The highest BCUT2D eigenvalue weighted by Gasteiger charge is 2.23. The molecule has 1 heterocycles. The number of sulfone groups is 1. The van der Waals surface area contributed by atoms with Crippen LogP contribution in [-0.4, -0.2) is 57.0 Å². The molecule has 0 bridgehead atoms. The molecule has 0 aliphatic carbocycles. The van der Waals surface area contributed by atoms with Gasteiger partial charge in [0.15, 0.2) is 9.84 Å². The van der Waals surface area contributed by atoms with Crippen molar-refractivity contribution in [3.05, 3.63) is 0 Å². The van der Waals surface area contributed by atoms with Crippen LogP contribution in [0.4, 0.5) is 0 Å². The molecule has 1 atom stereocenters. The lowest BCUT2D eigenvalue weighted by atomic mass is 10.0. The molecule has 1 N–H and O–H groups in total. The highest BCUT2D eigenvalue weighted by molar-refractivity contribution is 7.91. The summed E-state index contributed by atoms with van der Waals surface area (Å²) in [6, 6.07) is 0.496. The number of nitrogens with one attached hydrogen (secondary N) is 1. The summed E-state index contributed by atoms with van der Waals surface area (Å²) in [6.45, 7) is 9.78. The Labute approximate surface area is 106 Å². The Hall–Kier alpha value is -0.130. The Bertz CT molecular complexity index is 314. The monoisotopic (exact) mass is 262 g/mol. The second-order valence-corrected chi connectivity index (χ2v) is 7.73. The molecule has 0 aromatic heterocycles. The largest absolute Gasteiger partial charge is 0.314 e. The molecule has 4 nitrogen and oxygen atoms in total. The third kappa shape index (κ3) is 5.36. The van der Waals surface area contributed by atoms with Crippen LogP contribution < -0.4 is 5.32 Å². The summed E-state index contributed by atoms with van der Waals surface area (Å²) in [4.78, 5) is 2.34. The van der Waals surface area contributed by atoms with Crippen molar-refractivity contribution in [2.24, 2.45) is 5.92 Å². The van der Waals surface area contributed by atoms with E-state index in [0.717, 1.165) is 26.1 Å². The summed E-state index contributed by atoms with van der Waals surface area (Å²) in [5.41, 5.74) is 0. The molecule has 0 spiro atoms. The second-order valence-electron chi connectivity index (χ2n) is 5.26. The lowest BCUT2D eigenvalue weighted by Gasteiger charge is -2.37. The van der Waals surface area contributed by atoms with E-state index in [4.69, 9.17) is 0 Å². The summed E-state index contributed by atoms with van der Waals surface area (Å²) in [7, 11) is -2.83. The van der Waals surface area contributed by atoms with E-state index in [1.165, 1.54) is 0 Å². The van der Waals surface area contributed by atoms with E-state index in [1.54, 1.807) is 6.92 Å². The van der Waals surface area contributed by atoms with Gasteiger partial charge in [0.25, 0.3) is 0 Å². The van der Waals surface area contributed by atoms with Gasteiger partial charge in [-0.05, 0) is 12.3 Å². The number of nitrogens with zero attached hydrogens (tertiary/aromatic N) is 1. The molecule has 1 unspecified atom stereocenters. The highest BCUT2D eigenvalue weighted by Crippen LogP contribution is 2.13. The standard InChI is InChI=1S/C12H26N2O2S/c1-4-17(15,16)8-7-14-6-5-13-10-12(14)9-11(2)3/h11-13H,4-10H2,1-3H3. The van der Waals surface area contributed by atoms with E-state index < -0.39 is 9.84 Å². The molecule has 0 aromatic rings. The van der Waals surface area contributed by atoms with Crippen LogP contribution in [0.25, 0.3) is 0 Å². The molecule has 1 saturated heterocycles. The lowest BCUT2D eigenvalue weighted by molar-refractivity contribution is 0.150. The average Bonchev–Trinajstić information content (AvgIpc) is 2.27. The maximum absolute atomic E-state index is 11.5. The molecule has 1 aliphatic heterocycles. The zero-order valence-corrected chi connectivity index (χ0v) is 12.1. The molecule has 1 fully saturated rings. The molecule has 17 heavy (non-hydrogen) atoms. The Balaban J connectivity index is 2.48. The summed E-state index contributed by atoms with van der Waals surface area (Å²) in [6.07, 6.45) is 1.14. The van der Waals surface area contributed by atoms with Gasteiger partial charge < -0.3 is 5.32 Å². The summed E-state index contributed by atoms with van der Waals surface area (Å²) >= 11 is 0. The first-order chi connectivity index (χ1) is 7.94. The number of hydrogen-bond donors (Lipinski definition) is 1. The molecule has 102 valence electrons. The average molecular weight is 262 g/mol. The van der Waals surface area contributed by atoms with Crippen molar-refractivity contribution in [1.29, 1.82) is 0 Å². The molecule has 0 saturated carbocycles. The fraction of sp³-hybridized carbons (Fsp3) is 1.00. The van der Waals surface area contributed by atoms with Gasteiger partial charge in [0.2, 0.25) is 0 Å². The fourth-order valence-corrected chi connectivity index (χ4v) is 3.08. The van der Waals surface area contributed by atoms with E-state index in [9.17, 15) is 8.42 Å². The quantitative estimate of drug-likeness (QED) is 0.767. The normalized spacial score (nSPS) is 23.2. The minimum Gasteiger partial charge on any atom is -0.314 e. The predicted octanol–water partition coefficient (Wildman–Crippen LogP) is 0.741. The predicted molar refractivity (Wildman–Crippen MR) is 72.0 cm³/mol. The van der Waals surface area contributed by atoms with Gasteiger partial charge in [0.1, 0.15) is 0 Å². The van der Waals surface area contributed by atoms with E-state index >= 15 is 0 Å². The first-order valence-electron chi connectivity index (χ1n) is 6.59. The molecular weight excluding hydrogens is 236 g/mol. The Morgan fingerprint density at radius 3 is 2.71 bits per heavy atom. The van der Waals surface area contributed by atoms with Gasteiger partial charge in [-0.3, -0.25) is 4.90 Å². The summed E-state index contributed by atoms with van der Waals surface area (Å²) in [5.74, 6) is 1.22. The first-order valence-corrected chi connectivity index (χ1v) is 8.42. The molecule has 5 heteroatoms. The smallest absolute Gasteiger partial charge is 0.151 e. The van der Waals surface area contributed by atoms with Gasteiger partial charge in [-0.2, -0.15) is 0 Å². The molecule has 0 radical (unpaired) electrons. The molecular formula is C12H26N2O2S. The number of rotatable bonds is 6. The van der Waals surface area contributed by atoms with Crippen molar-refractivity contribution in [1.82, 2.24) is 10.2 Å². The van der Waals surface area contributed by atoms with Crippen molar-refractivity contribution in [2.75, 3.05) is 37.7 Å². The van der Waals surface area contributed by atoms with Crippen molar-refractivity contribution < 1.29 is 8.42 Å².